The van der Waals surface area contributed by atoms with Gasteiger partial charge in [-0.2, -0.15) is 0 Å². The number of rotatable bonds is 9. The van der Waals surface area contributed by atoms with Crippen molar-refractivity contribution in [1.82, 2.24) is 10.2 Å². The van der Waals surface area contributed by atoms with E-state index in [1.807, 2.05) is 35.2 Å². The van der Waals surface area contributed by atoms with Gasteiger partial charge in [0.2, 0.25) is 11.8 Å². The number of thioether (sulfide) groups is 1. The van der Waals surface area contributed by atoms with Crippen LogP contribution >= 0.6 is 11.8 Å². The summed E-state index contributed by atoms with van der Waals surface area (Å²) in [4.78, 5) is 28.8. The van der Waals surface area contributed by atoms with Gasteiger partial charge in [0, 0.05) is 30.8 Å². The number of hydrogen-bond donors (Lipinski definition) is 2. The lowest BCUT2D eigenvalue weighted by Gasteiger charge is -2.40. The molecule has 1 fully saturated rings. The first-order valence-electron chi connectivity index (χ1n) is 13.9. The van der Waals surface area contributed by atoms with Gasteiger partial charge >= 0.3 is 0 Å². The standard InChI is InChI=1S/C30H43N3O4SSi/c1-30(2,3)39(5,6)37-28-20-36-25-18-21(13-14-23(25)32-28)19-31-27(34)15-16-29(35)33-17-9-11-24(33)22-10-7-8-12-26(22)38-4/h7-8,10,12-14,18,24,28,32H,9,11,15-17,19-20H2,1-6H3,(H,31,34)/t24-,28-/m1/s1. The van der Waals surface area contributed by atoms with Crippen LogP contribution in [0.15, 0.2) is 47.4 Å². The van der Waals surface area contributed by atoms with Crippen LogP contribution in [0.25, 0.3) is 0 Å². The van der Waals surface area contributed by atoms with Crippen molar-refractivity contribution < 1.29 is 18.8 Å². The molecule has 39 heavy (non-hydrogen) atoms. The minimum Gasteiger partial charge on any atom is -0.487 e. The second-order valence-corrected chi connectivity index (χ2v) is 17.5. The second-order valence-electron chi connectivity index (χ2n) is 11.9. The molecule has 2 N–H and O–H groups in total. The van der Waals surface area contributed by atoms with Crippen LogP contribution in [0.3, 0.4) is 0 Å². The largest absolute Gasteiger partial charge is 0.487 e. The van der Waals surface area contributed by atoms with Gasteiger partial charge in [0.1, 0.15) is 12.4 Å². The predicted octanol–water partition coefficient (Wildman–Crippen LogP) is 6.32. The third-order valence-electron chi connectivity index (χ3n) is 8.12. The summed E-state index contributed by atoms with van der Waals surface area (Å²) in [5, 5.41) is 6.54. The van der Waals surface area contributed by atoms with E-state index in [0.717, 1.165) is 36.4 Å². The highest BCUT2D eigenvalue weighted by atomic mass is 32.2. The minimum absolute atomic E-state index is 0.0475. The Kier molecular flexibility index (Phi) is 9.34. The number of benzene rings is 2. The summed E-state index contributed by atoms with van der Waals surface area (Å²) >= 11 is 1.71. The highest BCUT2D eigenvalue weighted by Gasteiger charge is 2.40. The molecule has 2 aliphatic rings. The average molecular weight is 570 g/mol. The molecule has 2 aromatic carbocycles. The van der Waals surface area contributed by atoms with Crippen LogP contribution in [0, 0.1) is 0 Å². The Hall–Kier alpha value is -2.49. The molecule has 9 heteroatoms. The number of hydrogen-bond acceptors (Lipinski definition) is 6. The van der Waals surface area contributed by atoms with Crippen LogP contribution in [-0.4, -0.2) is 50.7 Å². The maximum atomic E-state index is 13.0. The predicted molar refractivity (Wildman–Crippen MR) is 161 cm³/mol. The average Bonchev–Trinajstić information content (AvgIpc) is 3.39. The van der Waals surface area contributed by atoms with Crippen molar-refractivity contribution >= 4 is 37.6 Å². The normalized spacial score (nSPS) is 19.2. The fourth-order valence-electron chi connectivity index (χ4n) is 4.88. The van der Waals surface area contributed by atoms with Gasteiger partial charge in [-0.15, -0.1) is 11.8 Å². The topological polar surface area (TPSA) is 79.9 Å². The lowest BCUT2D eigenvalue weighted by atomic mass is 10.0. The van der Waals surface area contributed by atoms with Crippen molar-refractivity contribution in [3.63, 3.8) is 0 Å². The fourth-order valence-corrected chi connectivity index (χ4v) is 6.72. The van der Waals surface area contributed by atoms with Crippen LogP contribution in [-0.2, 0) is 20.6 Å². The summed E-state index contributed by atoms with van der Waals surface area (Å²) in [5.41, 5.74) is 3.06. The SMILES string of the molecule is CSc1ccccc1[C@H]1CCCN1C(=O)CCC(=O)NCc1ccc2c(c1)OC[C@@H](O[Si](C)(C)C(C)(C)C)N2. The summed E-state index contributed by atoms with van der Waals surface area (Å²) < 4.78 is 12.5. The van der Waals surface area contributed by atoms with E-state index in [-0.39, 0.29) is 42.0 Å². The van der Waals surface area contributed by atoms with E-state index in [0.29, 0.717) is 13.2 Å². The first kappa shape index (κ1) is 29.5. The van der Waals surface area contributed by atoms with Gasteiger partial charge in [0.25, 0.3) is 0 Å². The van der Waals surface area contributed by atoms with Crippen molar-refractivity contribution in [1.29, 1.82) is 0 Å². The minimum atomic E-state index is -1.92. The number of nitrogens with one attached hydrogen (secondary N) is 2. The lowest BCUT2D eigenvalue weighted by Crippen LogP contribution is -2.48. The van der Waals surface area contributed by atoms with Gasteiger partial charge in [0.15, 0.2) is 14.5 Å². The molecule has 2 amide bonds. The number of carbonyl (C=O) groups excluding carboxylic acids is 2. The van der Waals surface area contributed by atoms with Gasteiger partial charge in [-0.1, -0.05) is 45.0 Å². The lowest BCUT2D eigenvalue weighted by molar-refractivity contribution is -0.134. The van der Waals surface area contributed by atoms with Crippen LogP contribution in [0.1, 0.15) is 63.6 Å². The summed E-state index contributed by atoms with van der Waals surface area (Å²) in [6, 6.07) is 14.3. The summed E-state index contributed by atoms with van der Waals surface area (Å²) in [7, 11) is -1.92. The number of nitrogens with zero attached hydrogens (tertiary/aromatic N) is 1. The third kappa shape index (κ3) is 7.18. The molecule has 0 bridgehead atoms. The van der Waals surface area contributed by atoms with E-state index in [2.05, 4.69) is 62.9 Å². The molecule has 1 saturated heterocycles. The molecule has 2 aromatic rings. The molecule has 0 aliphatic carbocycles. The van der Waals surface area contributed by atoms with Crippen LogP contribution in [0.2, 0.25) is 18.1 Å². The molecule has 0 spiro atoms. The Morgan fingerprint density at radius 3 is 2.69 bits per heavy atom. The van der Waals surface area contributed by atoms with E-state index >= 15 is 0 Å². The van der Waals surface area contributed by atoms with Crippen molar-refractivity contribution in [2.45, 2.75) is 88.3 Å². The van der Waals surface area contributed by atoms with Crippen molar-refractivity contribution in [2.24, 2.45) is 0 Å². The van der Waals surface area contributed by atoms with Gasteiger partial charge in [-0.3, -0.25) is 9.59 Å². The van der Waals surface area contributed by atoms with E-state index in [4.69, 9.17) is 9.16 Å². The zero-order chi connectivity index (χ0) is 28.2. The first-order chi connectivity index (χ1) is 18.5. The Bertz CT molecular complexity index is 1180. The maximum absolute atomic E-state index is 13.0. The second kappa shape index (κ2) is 12.4. The molecule has 2 heterocycles. The third-order valence-corrected chi connectivity index (χ3v) is 13.4. The highest BCUT2D eigenvalue weighted by Crippen LogP contribution is 2.39. The molecule has 4 rings (SSSR count). The number of anilines is 1. The summed E-state index contributed by atoms with van der Waals surface area (Å²) in [6.07, 6.45) is 4.25. The number of fused-ring (bicyclic) bond motifs is 1. The summed E-state index contributed by atoms with van der Waals surface area (Å²) in [6.45, 7) is 12.7. The molecule has 0 unspecified atom stereocenters. The molecule has 2 aliphatic heterocycles. The van der Waals surface area contributed by atoms with Gasteiger partial charge in [0.05, 0.1) is 11.7 Å². The van der Waals surface area contributed by atoms with Crippen molar-refractivity contribution in [2.75, 3.05) is 24.7 Å². The Balaban J connectivity index is 1.25. The van der Waals surface area contributed by atoms with Crippen LogP contribution < -0.4 is 15.4 Å². The van der Waals surface area contributed by atoms with E-state index in [1.165, 1.54) is 10.5 Å². The van der Waals surface area contributed by atoms with Crippen molar-refractivity contribution in [3.05, 3.63) is 53.6 Å². The first-order valence-corrected chi connectivity index (χ1v) is 18.0. The van der Waals surface area contributed by atoms with E-state index in [9.17, 15) is 9.59 Å². The number of likely N-dealkylation sites (tertiary alicyclic amines) is 1. The van der Waals surface area contributed by atoms with Gasteiger partial charge < -0.3 is 24.7 Å². The number of ether oxygens (including phenoxy) is 1. The number of amides is 2. The Morgan fingerprint density at radius 2 is 1.95 bits per heavy atom. The summed E-state index contributed by atoms with van der Waals surface area (Å²) in [5.74, 6) is 0.687. The van der Waals surface area contributed by atoms with Crippen LogP contribution in [0.4, 0.5) is 5.69 Å². The zero-order valence-corrected chi connectivity index (χ0v) is 26.0. The monoisotopic (exact) mass is 569 g/mol. The molecule has 0 aromatic heterocycles. The number of carbonyl (C=O) groups is 2. The Morgan fingerprint density at radius 1 is 1.18 bits per heavy atom. The maximum Gasteiger partial charge on any atom is 0.223 e. The van der Waals surface area contributed by atoms with Crippen molar-refractivity contribution in [3.8, 4) is 5.75 Å². The smallest absolute Gasteiger partial charge is 0.223 e. The van der Waals surface area contributed by atoms with E-state index < -0.39 is 8.32 Å². The fraction of sp³-hybridized carbons (Fsp3) is 0.533. The molecular weight excluding hydrogens is 527 g/mol. The van der Waals surface area contributed by atoms with Gasteiger partial charge in [-0.25, -0.2) is 0 Å². The molecule has 0 saturated carbocycles. The quantitative estimate of drug-likeness (QED) is 0.272. The molecule has 7 nitrogen and oxygen atoms in total. The molecular formula is C30H43N3O4SSi. The molecule has 212 valence electrons. The van der Waals surface area contributed by atoms with Crippen LogP contribution in [0.5, 0.6) is 5.75 Å². The highest BCUT2D eigenvalue weighted by molar-refractivity contribution is 7.98. The van der Waals surface area contributed by atoms with Gasteiger partial charge in [-0.05, 0) is 66.6 Å². The zero-order valence-electron chi connectivity index (χ0n) is 24.1. The molecule has 0 radical (unpaired) electrons. The Labute approximate surface area is 238 Å². The van der Waals surface area contributed by atoms with E-state index in [1.54, 1.807) is 11.8 Å². The molecule has 2 atom stereocenters.